The van der Waals surface area contributed by atoms with E-state index in [1.165, 1.54) is 19.1 Å². The van der Waals surface area contributed by atoms with Gasteiger partial charge < -0.3 is 5.32 Å². The standard InChI is InChI=1S/C11H12Cl3NO3S/c1-2-19(17,18)10(11(12,13)14)15-9(16)8-6-4-3-5-7-8/h3-7,10H,2H2,1H3,(H,15,16). The maximum Gasteiger partial charge on any atom is 0.252 e. The fourth-order valence-corrected chi connectivity index (χ4v) is 3.75. The van der Waals surface area contributed by atoms with Gasteiger partial charge in [-0.3, -0.25) is 4.79 Å². The number of carbonyl (C=O) groups is 1. The van der Waals surface area contributed by atoms with Crippen molar-refractivity contribution in [2.75, 3.05) is 5.75 Å². The highest BCUT2D eigenvalue weighted by molar-refractivity contribution is 7.92. The minimum absolute atomic E-state index is 0.249. The second-order valence-corrected chi connectivity index (χ2v) is 8.46. The second-order valence-electron chi connectivity index (χ2n) is 3.71. The van der Waals surface area contributed by atoms with Crippen molar-refractivity contribution in [3.63, 3.8) is 0 Å². The van der Waals surface area contributed by atoms with Gasteiger partial charge in [0, 0.05) is 11.3 Å². The van der Waals surface area contributed by atoms with Crippen LogP contribution in [0.5, 0.6) is 0 Å². The first-order valence-corrected chi connectivity index (χ1v) is 8.17. The van der Waals surface area contributed by atoms with Crippen LogP contribution in [0.15, 0.2) is 30.3 Å². The summed E-state index contributed by atoms with van der Waals surface area (Å²) in [6, 6.07) is 8.08. The van der Waals surface area contributed by atoms with Crippen molar-refractivity contribution in [2.24, 2.45) is 0 Å². The van der Waals surface area contributed by atoms with Gasteiger partial charge in [0.15, 0.2) is 15.2 Å². The average Bonchev–Trinajstić information content (AvgIpc) is 2.35. The van der Waals surface area contributed by atoms with E-state index in [2.05, 4.69) is 5.32 Å². The van der Waals surface area contributed by atoms with Gasteiger partial charge >= 0.3 is 0 Å². The number of benzene rings is 1. The molecule has 1 N–H and O–H groups in total. The van der Waals surface area contributed by atoms with Crippen molar-refractivity contribution in [1.82, 2.24) is 5.32 Å². The third kappa shape index (κ3) is 4.53. The molecule has 1 amide bonds. The summed E-state index contributed by atoms with van der Waals surface area (Å²) in [5, 5.41) is 0.647. The van der Waals surface area contributed by atoms with E-state index in [1.54, 1.807) is 18.2 Å². The first-order chi connectivity index (χ1) is 8.68. The zero-order valence-corrected chi connectivity index (χ0v) is 13.0. The number of hydrogen-bond donors (Lipinski definition) is 1. The number of rotatable bonds is 4. The minimum atomic E-state index is -3.75. The van der Waals surface area contributed by atoms with E-state index >= 15 is 0 Å². The molecule has 1 rings (SSSR count). The fraction of sp³-hybridized carbons (Fsp3) is 0.364. The molecular weight excluding hydrogens is 333 g/mol. The SMILES string of the molecule is CCS(=O)(=O)C(NC(=O)c1ccccc1)C(Cl)(Cl)Cl. The second kappa shape index (κ2) is 6.31. The number of nitrogens with one attached hydrogen (secondary N) is 1. The van der Waals surface area contributed by atoms with Crippen molar-refractivity contribution in [2.45, 2.75) is 16.1 Å². The average molecular weight is 345 g/mol. The van der Waals surface area contributed by atoms with Gasteiger partial charge in [0.25, 0.3) is 5.91 Å². The zero-order chi connectivity index (χ0) is 14.7. The topological polar surface area (TPSA) is 63.2 Å². The molecule has 0 aliphatic rings. The Labute approximate surface area is 127 Å². The van der Waals surface area contributed by atoms with E-state index in [0.717, 1.165) is 0 Å². The molecule has 0 radical (unpaired) electrons. The molecule has 1 aromatic rings. The molecule has 1 unspecified atom stereocenters. The highest BCUT2D eigenvalue weighted by atomic mass is 35.6. The third-order valence-corrected chi connectivity index (χ3v) is 5.39. The number of carbonyl (C=O) groups excluding carboxylic acids is 1. The molecule has 1 atom stereocenters. The lowest BCUT2D eigenvalue weighted by Crippen LogP contribution is -2.49. The minimum Gasteiger partial charge on any atom is -0.332 e. The van der Waals surface area contributed by atoms with E-state index in [0.29, 0.717) is 0 Å². The molecule has 0 saturated heterocycles. The first-order valence-electron chi connectivity index (χ1n) is 5.32. The molecule has 0 spiro atoms. The van der Waals surface area contributed by atoms with E-state index < -0.39 is 24.9 Å². The molecule has 106 valence electrons. The smallest absolute Gasteiger partial charge is 0.252 e. The van der Waals surface area contributed by atoms with Gasteiger partial charge in [0.2, 0.25) is 3.79 Å². The summed E-state index contributed by atoms with van der Waals surface area (Å²) in [7, 11) is -3.75. The molecule has 8 heteroatoms. The fourth-order valence-electron chi connectivity index (χ4n) is 1.33. The summed E-state index contributed by atoms with van der Waals surface area (Å²) in [4.78, 5) is 11.9. The van der Waals surface area contributed by atoms with Gasteiger partial charge in [-0.1, -0.05) is 59.9 Å². The molecule has 0 fully saturated rings. The van der Waals surface area contributed by atoms with Gasteiger partial charge in [0.05, 0.1) is 0 Å². The van der Waals surface area contributed by atoms with Crippen molar-refractivity contribution in [3.05, 3.63) is 35.9 Å². The zero-order valence-electron chi connectivity index (χ0n) is 9.94. The largest absolute Gasteiger partial charge is 0.332 e. The lowest BCUT2D eigenvalue weighted by atomic mass is 10.2. The number of alkyl halides is 3. The van der Waals surface area contributed by atoms with Crippen molar-refractivity contribution < 1.29 is 13.2 Å². The Morgan fingerprint density at radius 2 is 1.79 bits per heavy atom. The lowest BCUT2D eigenvalue weighted by molar-refractivity contribution is 0.0948. The predicted octanol–water partition coefficient (Wildman–Crippen LogP) is 2.55. The van der Waals surface area contributed by atoms with Gasteiger partial charge in [0.1, 0.15) is 0 Å². The Hall–Kier alpha value is -0.490. The molecular formula is C11H12Cl3NO3S. The number of amides is 1. The summed E-state index contributed by atoms with van der Waals surface area (Å²) in [6.45, 7) is 1.41. The summed E-state index contributed by atoms with van der Waals surface area (Å²) in [6.07, 6.45) is 0. The molecule has 19 heavy (non-hydrogen) atoms. The van der Waals surface area contributed by atoms with Crippen LogP contribution in [0, 0.1) is 0 Å². The van der Waals surface area contributed by atoms with Gasteiger partial charge in [-0.25, -0.2) is 8.42 Å². The van der Waals surface area contributed by atoms with Crippen LogP contribution in [0.4, 0.5) is 0 Å². The quantitative estimate of drug-likeness (QED) is 0.854. The monoisotopic (exact) mass is 343 g/mol. The van der Waals surface area contributed by atoms with Crippen LogP contribution < -0.4 is 5.32 Å². The van der Waals surface area contributed by atoms with Crippen LogP contribution in [0.3, 0.4) is 0 Å². The lowest BCUT2D eigenvalue weighted by Gasteiger charge is -2.24. The maximum atomic E-state index is 11.9. The molecule has 0 aliphatic carbocycles. The third-order valence-electron chi connectivity index (χ3n) is 2.36. The van der Waals surface area contributed by atoms with E-state index in [4.69, 9.17) is 34.8 Å². The Balaban J connectivity index is 3.01. The summed E-state index contributed by atoms with van der Waals surface area (Å²) in [5.74, 6) is -0.866. The Bertz CT molecular complexity index is 540. The van der Waals surface area contributed by atoms with Crippen molar-refractivity contribution in [1.29, 1.82) is 0 Å². The first kappa shape index (κ1) is 16.6. The molecule has 0 heterocycles. The van der Waals surface area contributed by atoms with Gasteiger partial charge in [-0.05, 0) is 12.1 Å². The Kier molecular flexibility index (Phi) is 5.50. The maximum absolute atomic E-state index is 11.9. The normalized spacial score (nSPS) is 13.9. The summed E-state index contributed by atoms with van der Waals surface area (Å²) >= 11 is 16.9. The highest BCUT2D eigenvalue weighted by Crippen LogP contribution is 2.33. The van der Waals surface area contributed by atoms with Crippen LogP contribution in [0.2, 0.25) is 0 Å². The van der Waals surface area contributed by atoms with Crippen LogP contribution in [-0.2, 0) is 9.84 Å². The summed E-state index contributed by atoms with van der Waals surface area (Å²) < 4.78 is 21.6. The molecule has 0 bridgehead atoms. The number of hydrogen-bond acceptors (Lipinski definition) is 3. The molecule has 4 nitrogen and oxygen atoms in total. The highest BCUT2D eigenvalue weighted by Gasteiger charge is 2.42. The van der Waals surface area contributed by atoms with Crippen LogP contribution >= 0.6 is 34.8 Å². The van der Waals surface area contributed by atoms with Crippen LogP contribution in [-0.4, -0.2) is 29.2 Å². The number of sulfone groups is 1. The molecule has 0 aromatic heterocycles. The van der Waals surface area contributed by atoms with E-state index in [-0.39, 0.29) is 11.3 Å². The molecule has 0 aliphatic heterocycles. The van der Waals surface area contributed by atoms with E-state index in [1.807, 2.05) is 0 Å². The van der Waals surface area contributed by atoms with Crippen LogP contribution in [0.25, 0.3) is 0 Å². The van der Waals surface area contributed by atoms with Crippen molar-refractivity contribution in [3.8, 4) is 0 Å². The van der Waals surface area contributed by atoms with Crippen molar-refractivity contribution >= 4 is 50.5 Å². The summed E-state index contributed by atoms with van der Waals surface area (Å²) in [5.41, 5.74) is 0.285. The Morgan fingerprint density at radius 1 is 1.26 bits per heavy atom. The number of halogens is 3. The van der Waals surface area contributed by atoms with Crippen LogP contribution in [0.1, 0.15) is 17.3 Å². The molecule has 1 aromatic carbocycles. The van der Waals surface area contributed by atoms with Gasteiger partial charge in [-0.15, -0.1) is 0 Å². The van der Waals surface area contributed by atoms with Gasteiger partial charge in [-0.2, -0.15) is 0 Å². The van der Waals surface area contributed by atoms with E-state index in [9.17, 15) is 13.2 Å². The molecule has 0 saturated carbocycles. The Morgan fingerprint density at radius 3 is 2.21 bits per heavy atom. The predicted molar refractivity (Wildman–Crippen MR) is 77.4 cm³/mol.